The summed E-state index contributed by atoms with van der Waals surface area (Å²) in [5, 5.41) is 3.53. The molecule has 1 unspecified atom stereocenters. The predicted molar refractivity (Wildman–Crippen MR) is 64.7 cm³/mol. The van der Waals surface area contributed by atoms with Gasteiger partial charge in [0.2, 0.25) is 0 Å². The van der Waals surface area contributed by atoms with Crippen molar-refractivity contribution in [3.8, 4) is 0 Å². The first-order valence-corrected chi connectivity index (χ1v) is 5.70. The van der Waals surface area contributed by atoms with Crippen LogP contribution in [0.1, 0.15) is 32.3 Å². The molecule has 0 aliphatic rings. The average Bonchev–Trinajstić information content (AvgIpc) is 2.24. The molecule has 0 bridgehead atoms. The first-order chi connectivity index (χ1) is 7.26. The van der Waals surface area contributed by atoms with Gasteiger partial charge in [0.05, 0.1) is 0 Å². The molecule has 0 aliphatic heterocycles. The molecular formula is C12H21N3. The summed E-state index contributed by atoms with van der Waals surface area (Å²) in [6.45, 7) is 5.47. The molecule has 1 heterocycles. The van der Waals surface area contributed by atoms with Gasteiger partial charge in [-0.2, -0.15) is 0 Å². The molecule has 3 N–H and O–H groups in total. The molecular weight excluding hydrogens is 186 g/mol. The topological polar surface area (TPSA) is 50.9 Å². The Hall–Kier alpha value is -1.09. The number of nitrogens with two attached hydrogens (primary N) is 1. The highest BCUT2D eigenvalue weighted by Crippen LogP contribution is 2.08. The zero-order valence-corrected chi connectivity index (χ0v) is 9.66. The number of anilines is 1. The van der Waals surface area contributed by atoms with E-state index in [0.717, 1.165) is 19.4 Å². The molecule has 1 rings (SSSR count). The summed E-state index contributed by atoms with van der Waals surface area (Å²) in [5.74, 6) is 0.609. The van der Waals surface area contributed by atoms with Gasteiger partial charge >= 0.3 is 0 Å². The molecule has 1 aromatic heterocycles. The molecule has 0 fully saturated rings. The Morgan fingerprint density at radius 1 is 1.47 bits per heavy atom. The van der Waals surface area contributed by atoms with Crippen LogP contribution in [0.3, 0.4) is 0 Å². The minimum atomic E-state index is 0.548. The molecule has 0 saturated heterocycles. The van der Waals surface area contributed by atoms with Crippen LogP contribution >= 0.6 is 0 Å². The van der Waals surface area contributed by atoms with E-state index in [1.165, 1.54) is 12.0 Å². The molecule has 1 atom stereocenters. The molecule has 0 aromatic carbocycles. The second kappa shape index (κ2) is 6.40. The van der Waals surface area contributed by atoms with Crippen LogP contribution in [0.25, 0.3) is 0 Å². The Bertz CT molecular complexity index is 286. The van der Waals surface area contributed by atoms with Crippen LogP contribution in [0.4, 0.5) is 5.82 Å². The SMILES string of the molecule is CCCNC(CC)Cc1ccnc(N)c1. The van der Waals surface area contributed by atoms with Gasteiger partial charge < -0.3 is 11.1 Å². The summed E-state index contributed by atoms with van der Waals surface area (Å²) in [7, 11) is 0. The van der Waals surface area contributed by atoms with Gasteiger partial charge in [-0.15, -0.1) is 0 Å². The highest BCUT2D eigenvalue weighted by Gasteiger charge is 2.06. The van der Waals surface area contributed by atoms with Crippen molar-refractivity contribution in [3.63, 3.8) is 0 Å². The fourth-order valence-electron chi connectivity index (χ4n) is 1.62. The van der Waals surface area contributed by atoms with E-state index in [2.05, 4.69) is 24.1 Å². The lowest BCUT2D eigenvalue weighted by molar-refractivity contribution is 0.494. The van der Waals surface area contributed by atoms with Gasteiger partial charge in [-0.25, -0.2) is 4.98 Å². The third-order valence-corrected chi connectivity index (χ3v) is 2.50. The van der Waals surface area contributed by atoms with E-state index in [-0.39, 0.29) is 0 Å². The fourth-order valence-corrected chi connectivity index (χ4v) is 1.62. The van der Waals surface area contributed by atoms with Gasteiger partial charge in [0.15, 0.2) is 0 Å². The number of nitrogens with zero attached hydrogens (tertiary/aromatic N) is 1. The van der Waals surface area contributed by atoms with Crippen molar-refractivity contribution in [2.24, 2.45) is 0 Å². The second-order valence-corrected chi connectivity index (χ2v) is 3.85. The summed E-state index contributed by atoms with van der Waals surface area (Å²) in [6, 6.07) is 4.54. The summed E-state index contributed by atoms with van der Waals surface area (Å²) >= 11 is 0. The van der Waals surface area contributed by atoms with Gasteiger partial charge in [0.1, 0.15) is 5.82 Å². The molecule has 0 spiro atoms. The van der Waals surface area contributed by atoms with Crippen LogP contribution in [0.15, 0.2) is 18.3 Å². The van der Waals surface area contributed by atoms with Crippen LogP contribution in [-0.2, 0) is 6.42 Å². The van der Waals surface area contributed by atoms with Crippen molar-refractivity contribution in [1.82, 2.24) is 10.3 Å². The van der Waals surface area contributed by atoms with Crippen LogP contribution in [0.5, 0.6) is 0 Å². The zero-order valence-electron chi connectivity index (χ0n) is 9.66. The highest BCUT2D eigenvalue weighted by atomic mass is 14.9. The van der Waals surface area contributed by atoms with Crippen molar-refractivity contribution in [1.29, 1.82) is 0 Å². The Morgan fingerprint density at radius 2 is 2.27 bits per heavy atom. The van der Waals surface area contributed by atoms with Crippen molar-refractivity contribution >= 4 is 5.82 Å². The lowest BCUT2D eigenvalue weighted by Crippen LogP contribution is -2.31. The van der Waals surface area contributed by atoms with Gasteiger partial charge in [-0.3, -0.25) is 0 Å². The lowest BCUT2D eigenvalue weighted by atomic mass is 10.0. The summed E-state index contributed by atoms with van der Waals surface area (Å²) in [5.41, 5.74) is 6.91. The molecule has 84 valence electrons. The number of nitrogen functional groups attached to an aromatic ring is 1. The molecule has 0 amide bonds. The lowest BCUT2D eigenvalue weighted by Gasteiger charge is -2.16. The van der Waals surface area contributed by atoms with E-state index < -0.39 is 0 Å². The highest BCUT2D eigenvalue weighted by molar-refractivity contribution is 5.32. The molecule has 3 heteroatoms. The molecule has 0 radical (unpaired) electrons. The minimum absolute atomic E-state index is 0.548. The second-order valence-electron chi connectivity index (χ2n) is 3.85. The zero-order chi connectivity index (χ0) is 11.1. The van der Waals surface area contributed by atoms with Crippen LogP contribution < -0.4 is 11.1 Å². The number of hydrogen-bond donors (Lipinski definition) is 2. The standard InChI is InChI=1S/C12H21N3/c1-3-6-14-11(4-2)8-10-5-7-15-12(13)9-10/h5,7,9,11,14H,3-4,6,8H2,1-2H3,(H2,13,15). The van der Waals surface area contributed by atoms with Crippen molar-refractivity contribution in [2.45, 2.75) is 39.2 Å². The maximum absolute atomic E-state index is 5.64. The summed E-state index contributed by atoms with van der Waals surface area (Å²) < 4.78 is 0. The van der Waals surface area contributed by atoms with Crippen LogP contribution in [-0.4, -0.2) is 17.6 Å². The predicted octanol–water partition coefficient (Wildman–Crippen LogP) is 1.98. The number of nitrogens with one attached hydrogen (secondary N) is 1. The van der Waals surface area contributed by atoms with E-state index >= 15 is 0 Å². The number of aromatic nitrogens is 1. The van der Waals surface area contributed by atoms with E-state index in [9.17, 15) is 0 Å². The summed E-state index contributed by atoms with van der Waals surface area (Å²) in [6.07, 6.45) is 5.12. The van der Waals surface area contributed by atoms with Crippen molar-refractivity contribution in [2.75, 3.05) is 12.3 Å². The Labute approximate surface area is 92.1 Å². The van der Waals surface area contributed by atoms with Crippen LogP contribution in [0.2, 0.25) is 0 Å². The minimum Gasteiger partial charge on any atom is -0.384 e. The quantitative estimate of drug-likeness (QED) is 0.750. The smallest absolute Gasteiger partial charge is 0.123 e. The monoisotopic (exact) mass is 207 g/mol. The molecule has 3 nitrogen and oxygen atoms in total. The molecule has 0 saturated carbocycles. The van der Waals surface area contributed by atoms with Crippen molar-refractivity contribution < 1.29 is 0 Å². The normalized spacial score (nSPS) is 12.7. The summed E-state index contributed by atoms with van der Waals surface area (Å²) in [4.78, 5) is 3.99. The third-order valence-electron chi connectivity index (χ3n) is 2.50. The maximum Gasteiger partial charge on any atom is 0.123 e. The Kier molecular flexibility index (Phi) is 5.12. The van der Waals surface area contributed by atoms with Gasteiger partial charge in [-0.1, -0.05) is 13.8 Å². The van der Waals surface area contributed by atoms with Crippen LogP contribution in [0, 0.1) is 0 Å². The molecule has 1 aromatic rings. The Balaban J connectivity index is 2.50. The molecule has 0 aliphatic carbocycles. The first-order valence-electron chi connectivity index (χ1n) is 5.70. The van der Waals surface area contributed by atoms with Gasteiger partial charge in [0, 0.05) is 12.2 Å². The number of rotatable bonds is 6. The Morgan fingerprint density at radius 3 is 2.87 bits per heavy atom. The third kappa shape index (κ3) is 4.30. The van der Waals surface area contributed by atoms with E-state index in [0.29, 0.717) is 11.9 Å². The maximum atomic E-state index is 5.64. The largest absolute Gasteiger partial charge is 0.384 e. The van der Waals surface area contributed by atoms with Gasteiger partial charge in [-0.05, 0) is 43.5 Å². The molecule has 15 heavy (non-hydrogen) atoms. The first kappa shape index (κ1) is 12.0. The van der Waals surface area contributed by atoms with Crippen molar-refractivity contribution in [3.05, 3.63) is 23.9 Å². The number of pyridine rings is 1. The van der Waals surface area contributed by atoms with Gasteiger partial charge in [0.25, 0.3) is 0 Å². The fraction of sp³-hybridized carbons (Fsp3) is 0.583. The van der Waals surface area contributed by atoms with E-state index in [1.807, 2.05) is 12.1 Å². The number of hydrogen-bond acceptors (Lipinski definition) is 3. The van der Waals surface area contributed by atoms with E-state index in [1.54, 1.807) is 6.20 Å². The average molecular weight is 207 g/mol. The van der Waals surface area contributed by atoms with E-state index in [4.69, 9.17) is 5.73 Å².